The molecule has 8 heteroatoms. The molecule has 2 aliphatic rings. The number of hydrogen-bond donors (Lipinski definition) is 2. The summed E-state index contributed by atoms with van der Waals surface area (Å²) in [6.45, 7) is 14.9. The molecular formula is C22H40IN5O2. The zero-order chi connectivity index (χ0) is 20.5. The highest BCUT2D eigenvalue weighted by molar-refractivity contribution is 14.0. The Morgan fingerprint density at radius 3 is 2.50 bits per heavy atom. The summed E-state index contributed by atoms with van der Waals surface area (Å²) in [5, 5.41) is 6.98. The molecule has 1 aromatic rings. The molecule has 2 N–H and O–H groups in total. The number of likely N-dealkylation sites (tertiary alicyclic amines) is 1. The molecule has 0 aliphatic carbocycles. The number of nitrogens with zero attached hydrogens (tertiary/aromatic N) is 3. The van der Waals surface area contributed by atoms with E-state index in [4.69, 9.17) is 14.1 Å². The van der Waals surface area contributed by atoms with E-state index in [1.165, 1.54) is 19.3 Å². The Hall–Kier alpha value is -0.840. The fourth-order valence-electron chi connectivity index (χ4n) is 4.20. The fraction of sp³-hybridized carbons (Fsp3) is 0.773. The Balaban J connectivity index is 0.00000320. The lowest BCUT2D eigenvalue weighted by Gasteiger charge is -2.40. The van der Waals surface area contributed by atoms with Gasteiger partial charge in [0.25, 0.3) is 0 Å². The molecule has 2 saturated heterocycles. The van der Waals surface area contributed by atoms with Crippen LogP contribution in [0.3, 0.4) is 0 Å². The highest BCUT2D eigenvalue weighted by Crippen LogP contribution is 2.24. The van der Waals surface area contributed by atoms with Crippen LogP contribution < -0.4 is 10.6 Å². The Bertz CT molecular complexity index is 611. The Morgan fingerprint density at radius 2 is 1.87 bits per heavy atom. The number of morpholine rings is 1. The van der Waals surface area contributed by atoms with E-state index >= 15 is 0 Å². The SMILES string of the molecule is CCNC(=NCC(C)(C)N1CCOCC1)NCC(c1ccco1)N1CCCCC1.I. The van der Waals surface area contributed by atoms with E-state index in [9.17, 15) is 0 Å². The molecule has 3 heterocycles. The summed E-state index contributed by atoms with van der Waals surface area (Å²) in [6.07, 6.45) is 5.63. The van der Waals surface area contributed by atoms with Crippen molar-refractivity contribution in [2.45, 2.75) is 51.6 Å². The highest BCUT2D eigenvalue weighted by atomic mass is 127. The van der Waals surface area contributed by atoms with Crippen molar-refractivity contribution in [2.24, 2.45) is 4.99 Å². The van der Waals surface area contributed by atoms with E-state index in [1.54, 1.807) is 6.26 Å². The monoisotopic (exact) mass is 533 g/mol. The quantitative estimate of drug-likeness (QED) is 0.304. The molecule has 1 atom stereocenters. The summed E-state index contributed by atoms with van der Waals surface area (Å²) in [4.78, 5) is 9.93. The zero-order valence-corrected chi connectivity index (χ0v) is 21.2. The van der Waals surface area contributed by atoms with Crippen LogP contribution in [0.15, 0.2) is 27.8 Å². The fourth-order valence-corrected chi connectivity index (χ4v) is 4.20. The molecule has 30 heavy (non-hydrogen) atoms. The van der Waals surface area contributed by atoms with E-state index < -0.39 is 0 Å². The molecule has 172 valence electrons. The molecule has 1 unspecified atom stereocenters. The van der Waals surface area contributed by atoms with E-state index in [0.29, 0.717) is 0 Å². The molecule has 1 aromatic heterocycles. The predicted octanol–water partition coefficient (Wildman–Crippen LogP) is 3.09. The Morgan fingerprint density at radius 1 is 1.13 bits per heavy atom. The number of nitrogens with one attached hydrogen (secondary N) is 2. The summed E-state index contributed by atoms with van der Waals surface area (Å²) in [6, 6.07) is 4.31. The number of furan rings is 1. The van der Waals surface area contributed by atoms with Gasteiger partial charge >= 0.3 is 0 Å². The predicted molar refractivity (Wildman–Crippen MR) is 133 cm³/mol. The number of halogens is 1. The second-order valence-electron chi connectivity index (χ2n) is 8.62. The number of rotatable bonds is 8. The Labute approximate surface area is 199 Å². The van der Waals surface area contributed by atoms with Crippen molar-refractivity contribution < 1.29 is 9.15 Å². The van der Waals surface area contributed by atoms with Crippen LogP contribution >= 0.6 is 24.0 Å². The van der Waals surface area contributed by atoms with Gasteiger partial charge in [0.1, 0.15) is 5.76 Å². The molecule has 3 rings (SSSR count). The van der Waals surface area contributed by atoms with Gasteiger partial charge < -0.3 is 19.8 Å². The van der Waals surface area contributed by atoms with Crippen molar-refractivity contribution in [3.8, 4) is 0 Å². The minimum atomic E-state index is 0. The van der Waals surface area contributed by atoms with Gasteiger partial charge in [-0.1, -0.05) is 6.42 Å². The van der Waals surface area contributed by atoms with Crippen LogP contribution in [0.1, 0.15) is 51.8 Å². The lowest BCUT2D eigenvalue weighted by molar-refractivity contribution is -0.00684. The first-order chi connectivity index (χ1) is 14.1. The first-order valence-electron chi connectivity index (χ1n) is 11.2. The van der Waals surface area contributed by atoms with E-state index in [1.807, 2.05) is 6.07 Å². The van der Waals surface area contributed by atoms with Crippen LogP contribution in [0.2, 0.25) is 0 Å². The number of guanidine groups is 1. The minimum Gasteiger partial charge on any atom is -0.468 e. The second-order valence-corrected chi connectivity index (χ2v) is 8.62. The molecule has 0 bridgehead atoms. The molecule has 0 aromatic carbocycles. The van der Waals surface area contributed by atoms with Gasteiger partial charge in [-0.3, -0.25) is 14.8 Å². The number of ether oxygens (including phenoxy) is 1. The van der Waals surface area contributed by atoms with E-state index in [-0.39, 0.29) is 35.6 Å². The van der Waals surface area contributed by atoms with Gasteiger partial charge in [-0.05, 0) is 58.8 Å². The molecule has 2 aliphatic heterocycles. The van der Waals surface area contributed by atoms with Gasteiger partial charge in [-0.25, -0.2) is 0 Å². The molecule has 7 nitrogen and oxygen atoms in total. The second kappa shape index (κ2) is 12.9. The molecule has 0 spiro atoms. The van der Waals surface area contributed by atoms with Crippen molar-refractivity contribution in [2.75, 3.05) is 59.0 Å². The van der Waals surface area contributed by atoms with Gasteiger partial charge in [0.15, 0.2) is 5.96 Å². The average molecular weight is 533 g/mol. The topological polar surface area (TPSA) is 65.3 Å². The van der Waals surface area contributed by atoms with Crippen molar-refractivity contribution in [1.29, 1.82) is 0 Å². The zero-order valence-electron chi connectivity index (χ0n) is 18.9. The van der Waals surface area contributed by atoms with Gasteiger partial charge in [0.05, 0.1) is 32.1 Å². The first kappa shape index (κ1) is 25.4. The first-order valence-corrected chi connectivity index (χ1v) is 11.2. The summed E-state index contributed by atoms with van der Waals surface area (Å²) in [5.41, 5.74) is 0.0133. The number of hydrogen-bond acceptors (Lipinski definition) is 5. The maximum atomic E-state index is 5.77. The molecule has 0 saturated carbocycles. The van der Waals surface area contributed by atoms with Crippen LogP contribution in [-0.2, 0) is 4.74 Å². The summed E-state index contributed by atoms with van der Waals surface area (Å²) in [7, 11) is 0. The van der Waals surface area contributed by atoms with Crippen LogP contribution in [0.25, 0.3) is 0 Å². The van der Waals surface area contributed by atoms with Crippen molar-refractivity contribution in [1.82, 2.24) is 20.4 Å². The molecule has 0 radical (unpaired) electrons. The molecule has 0 amide bonds. The third-order valence-electron chi connectivity index (χ3n) is 6.00. The van der Waals surface area contributed by atoms with Crippen molar-refractivity contribution >= 4 is 29.9 Å². The lowest BCUT2D eigenvalue weighted by Crippen LogP contribution is -2.52. The van der Waals surface area contributed by atoms with Crippen molar-refractivity contribution in [3.05, 3.63) is 24.2 Å². The third-order valence-corrected chi connectivity index (χ3v) is 6.00. The van der Waals surface area contributed by atoms with Crippen molar-refractivity contribution in [3.63, 3.8) is 0 Å². The van der Waals surface area contributed by atoms with Crippen LogP contribution in [0.5, 0.6) is 0 Å². The smallest absolute Gasteiger partial charge is 0.191 e. The van der Waals surface area contributed by atoms with E-state index in [0.717, 1.165) is 70.7 Å². The third kappa shape index (κ3) is 7.39. The maximum absolute atomic E-state index is 5.77. The number of aliphatic imine (C=N–C) groups is 1. The summed E-state index contributed by atoms with van der Waals surface area (Å²) >= 11 is 0. The van der Waals surface area contributed by atoms with Gasteiger partial charge in [0, 0.05) is 31.7 Å². The van der Waals surface area contributed by atoms with Gasteiger partial charge in [-0.15, -0.1) is 24.0 Å². The van der Waals surface area contributed by atoms with Crippen LogP contribution in [0, 0.1) is 0 Å². The number of piperidine rings is 1. The van der Waals surface area contributed by atoms with Crippen LogP contribution in [-0.4, -0.2) is 80.3 Å². The largest absolute Gasteiger partial charge is 0.468 e. The maximum Gasteiger partial charge on any atom is 0.191 e. The lowest BCUT2D eigenvalue weighted by atomic mass is 10.0. The van der Waals surface area contributed by atoms with Crippen LogP contribution in [0.4, 0.5) is 0 Å². The highest BCUT2D eigenvalue weighted by Gasteiger charge is 2.28. The average Bonchev–Trinajstić information content (AvgIpc) is 3.28. The normalized spacial score (nSPS) is 20.4. The van der Waals surface area contributed by atoms with Gasteiger partial charge in [-0.2, -0.15) is 0 Å². The minimum absolute atomic E-state index is 0. The molecular weight excluding hydrogens is 493 g/mol. The van der Waals surface area contributed by atoms with E-state index in [2.05, 4.69) is 47.3 Å². The Kier molecular flexibility index (Phi) is 10.9. The standard InChI is InChI=1S/C22H39N5O2.HI/c1-4-23-21(25-18-22(2,3)27-12-15-28-16-13-27)24-17-19(20-9-8-14-29-20)26-10-6-5-7-11-26;/h8-9,14,19H,4-7,10-13,15-18H2,1-3H3,(H2,23,24,25);1H. The summed E-state index contributed by atoms with van der Waals surface area (Å²) in [5.74, 6) is 1.91. The molecule has 2 fully saturated rings. The van der Waals surface area contributed by atoms with Gasteiger partial charge in [0.2, 0.25) is 0 Å². The summed E-state index contributed by atoms with van der Waals surface area (Å²) < 4.78 is 11.3.